The molecule has 1 aliphatic rings. The van der Waals surface area contributed by atoms with Crippen molar-refractivity contribution in [3.8, 4) is 5.75 Å². The molecule has 0 unspecified atom stereocenters. The summed E-state index contributed by atoms with van der Waals surface area (Å²) in [6, 6.07) is 20.8. The van der Waals surface area contributed by atoms with E-state index < -0.39 is 0 Å². The molecule has 1 heterocycles. The maximum atomic E-state index is 13.1. The Labute approximate surface area is 220 Å². The maximum Gasteiger partial charge on any atom is 0.270 e. The van der Waals surface area contributed by atoms with Gasteiger partial charge in [-0.05, 0) is 73.0 Å². The first kappa shape index (κ1) is 25.5. The molecule has 0 bridgehead atoms. The Balaban J connectivity index is 1.38. The first-order valence-corrected chi connectivity index (χ1v) is 12.6. The third-order valence-electron chi connectivity index (χ3n) is 5.71. The summed E-state index contributed by atoms with van der Waals surface area (Å²) in [5.74, 6) is 0.196. The molecule has 3 aromatic rings. The summed E-state index contributed by atoms with van der Waals surface area (Å²) >= 11 is 6.76. The van der Waals surface area contributed by atoms with E-state index in [0.717, 1.165) is 33.8 Å². The molecule has 0 spiro atoms. The van der Waals surface area contributed by atoms with Crippen LogP contribution in [-0.4, -0.2) is 36.8 Å². The third kappa shape index (κ3) is 5.78. The zero-order chi connectivity index (χ0) is 25.8. The van der Waals surface area contributed by atoms with Crippen molar-refractivity contribution in [3.05, 3.63) is 88.3 Å². The van der Waals surface area contributed by atoms with Gasteiger partial charge in [-0.25, -0.2) is 0 Å². The number of thioether (sulfide) groups is 1. The van der Waals surface area contributed by atoms with E-state index in [4.69, 9.17) is 17.0 Å². The molecule has 0 aromatic heterocycles. The molecule has 4 rings (SSSR count). The molecule has 6 nitrogen and oxygen atoms in total. The zero-order valence-corrected chi connectivity index (χ0v) is 22.2. The second-order valence-electron chi connectivity index (χ2n) is 8.60. The molecule has 184 valence electrons. The van der Waals surface area contributed by atoms with Crippen LogP contribution in [0.4, 0.5) is 17.1 Å². The number of nitrogens with zero attached hydrogens (tertiary/aromatic N) is 2. The molecule has 0 aliphatic carbocycles. The van der Waals surface area contributed by atoms with Gasteiger partial charge in [0.25, 0.3) is 11.8 Å². The van der Waals surface area contributed by atoms with Crippen LogP contribution in [0.1, 0.15) is 16.7 Å². The van der Waals surface area contributed by atoms with Crippen molar-refractivity contribution >= 4 is 63.3 Å². The van der Waals surface area contributed by atoms with Gasteiger partial charge in [0.15, 0.2) is 10.9 Å². The molecule has 1 N–H and O–H groups in total. The minimum Gasteiger partial charge on any atom is -0.484 e. The number of hydrogen-bond acceptors (Lipinski definition) is 6. The van der Waals surface area contributed by atoms with Crippen molar-refractivity contribution in [2.75, 3.05) is 35.8 Å². The highest BCUT2D eigenvalue weighted by Crippen LogP contribution is 2.36. The monoisotopic (exact) mass is 517 g/mol. The molecule has 8 heteroatoms. The third-order valence-corrected chi connectivity index (χ3v) is 7.01. The number of benzene rings is 3. The Morgan fingerprint density at radius 2 is 1.67 bits per heavy atom. The van der Waals surface area contributed by atoms with Gasteiger partial charge in [-0.1, -0.05) is 54.3 Å². The summed E-state index contributed by atoms with van der Waals surface area (Å²) in [5.41, 5.74) is 5.45. The molecule has 1 fully saturated rings. The minimum absolute atomic E-state index is 0.0988. The lowest BCUT2D eigenvalue weighted by Gasteiger charge is -2.17. The van der Waals surface area contributed by atoms with Crippen molar-refractivity contribution in [3.63, 3.8) is 0 Å². The van der Waals surface area contributed by atoms with E-state index in [1.807, 2.05) is 93.5 Å². The number of para-hydroxylation sites is 1. The minimum atomic E-state index is -0.223. The van der Waals surface area contributed by atoms with Gasteiger partial charge in [0.05, 0.1) is 10.6 Å². The van der Waals surface area contributed by atoms with Gasteiger partial charge in [0.1, 0.15) is 5.75 Å². The number of ether oxygens (including phenoxy) is 1. The van der Waals surface area contributed by atoms with Crippen LogP contribution >= 0.6 is 24.0 Å². The van der Waals surface area contributed by atoms with E-state index in [-0.39, 0.29) is 18.4 Å². The fourth-order valence-electron chi connectivity index (χ4n) is 3.74. The predicted molar refractivity (Wildman–Crippen MR) is 153 cm³/mol. The van der Waals surface area contributed by atoms with E-state index in [0.29, 0.717) is 15.0 Å². The number of hydrogen-bond donors (Lipinski definition) is 1. The lowest BCUT2D eigenvalue weighted by atomic mass is 10.1. The standard InChI is InChI=1S/C28H27N3O3S2/c1-18-6-5-7-19(2)26(18)29-25(32)17-34-23-14-8-20(9-15-23)16-24-27(33)31(28(35)36-24)22-12-10-21(11-13-22)30(3)4/h5-16H,17H2,1-4H3,(H,29,32)/b24-16-. The van der Waals surface area contributed by atoms with Gasteiger partial charge >= 0.3 is 0 Å². The van der Waals surface area contributed by atoms with E-state index >= 15 is 0 Å². The number of carbonyl (C=O) groups is 2. The normalized spacial score (nSPS) is 14.3. The molecule has 0 saturated carbocycles. The van der Waals surface area contributed by atoms with Crippen LogP contribution in [0.3, 0.4) is 0 Å². The summed E-state index contributed by atoms with van der Waals surface area (Å²) < 4.78 is 6.15. The average molecular weight is 518 g/mol. The zero-order valence-electron chi connectivity index (χ0n) is 20.6. The SMILES string of the molecule is Cc1cccc(C)c1NC(=O)COc1ccc(/C=C2\SC(=S)N(c3ccc(N(C)C)cc3)C2=O)cc1. The summed E-state index contributed by atoms with van der Waals surface area (Å²) in [7, 11) is 3.93. The second-order valence-corrected chi connectivity index (χ2v) is 10.3. The van der Waals surface area contributed by atoms with Crippen LogP contribution in [0.2, 0.25) is 0 Å². The van der Waals surface area contributed by atoms with E-state index in [1.165, 1.54) is 11.8 Å². The molecule has 1 saturated heterocycles. The number of nitrogens with one attached hydrogen (secondary N) is 1. The van der Waals surface area contributed by atoms with E-state index in [9.17, 15) is 9.59 Å². The van der Waals surface area contributed by atoms with E-state index in [2.05, 4.69) is 5.32 Å². The molecule has 2 amide bonds. The van der Waals surface area contributed by atoms with Crippen LogP contribution in [0.15, 0.2) is 71.6 Å². The van der Waals surface area contributed by atoms with Gasteiger partial charge < -0.3 is 15.0 Å². The largest absolute Gasteiger partial charge is 0.484 e. The summed E-state index contributed by atoms with van der Waals surface area (Å²) in [6.45, 7) is 3.81. The first-order valence-electron chi connectivity index (χ1n) is 11.4. The molecule has 36 heavy (non-hydrogen) atoms. The average Bonchev–Trinajstić information content (AvgIpc) is 3.13. The lowest BCUT2D eigenvalue weighted by Crippen LogP contribution is -2.27. The van der Waals surface area contributed by atoms with Gasteiger partial charge in [0, 0.05) is 25.5 Å². The number of rotatable bonds is 7. The van der Waals surface area contributed by atoms with Gasteiger partial charge in [-0.2, -0.15) is 0 Å². The number of amides is 2. The van der Waals surface area contributed by atoms with Crippen LogP contribution < -0.4 is 19.9 Å². The van der Waals surface area contributed by atoms with Crippen molar-refractivity contribution in [1.82, 2.24) is 0 Å². The Kier molecular flexibility index (Phi) is 7.76. The second kappa shape index (κ2) is 11.0. The van der Waals surface area contributed by atoms with Crippen molar-refractivity contribution in [2.24, 2.45) is 0 Å². The molecular weight excluding hydrogens is 490 g/mol. The van der Waals surface area contributed by atoms with Crippen LogP contribution in [0.25, 0.3) is 6.08 Å². The number of aryl methyl sites for hydroxylation is 2. The molecular formula is C28H27N3O3S2. The summed E-state index contributed by atoms with van der Waals surface area (Å²) in [6.07, 6.45) is 1.81. The highest BCUT2D eigenvalue weighted by atomic mass is 32.2. The Hall–Kier alpha value is -3.62. The predicted octanol–water partition coefficient (Wildman–Crippen LogP) is 5.79. The van der Waals surface area contributed by atoms with Gasteiger partial charge in [0.2, 0.25) is 0 Å². The molecule has 0 atom stereocenters. The van der Waals surface area contributed by atoms with Crippen molar-refractivity contribution in [1.29, 1.82) is 0 Å². The maximum absolute atomic E-state index is 13.1. The topological polar surface area (TPSA) is 61.9 Å². The Morgan fingerprint density at radius 1 is 1.03 bits per heavy atom. The summed E-state index contributed by atoms with van der Waals surface area (Å²) in [5, 5.41) is 2.91. The van der Waals surface area contributed by atoms with Crippen LogP contribution in [0, 0.1) is 13.8 Å². The van der Waals surface area contributed by atoms with Crippen molar-refractivity contribution in [2.45, 2.75) is 13.8 Å². The lowest BCUT2D eigenvalue weighted by molar-refractivity contribution is -0.118. The van der Waals surface area contributed by atoms with Crippen LogP contribution in [-0.2, 0) is 9.59 Å². The van der Waals surface area contributed by atoms with Gasteiger partial charge in [-0.3, -0.25) is 14.5 Å². The fourth-order valence-corrected chi connectivity index (χ4v) is 5.04. The fraction of sp³-hybridized carbons (Fsp3) is 0.179. The molecule has 1 aliphatic heterocycles. The highest BCUT2D eigenvalue weighted by molar-refractivity contribution is 8.27. The Morgan fingerprint density at radius 3 is 2.28 bits per heavy atom. The van der Waals surface area contributed by atoms with E-state index in [1.54, 1.807) is 17.0 Å². The number of thiocarbonyl (C=S) groups is 1. The van der Waals surface area contributed by atoms with Gasteiger partial charge in [-0.15, -0.1) is 0 Å². The highest BCUT2D eigenvalue weighted by Gasteiger charge is 2.33. The number of carbonyl (C=O) groups excluding carboxylic acids is 2. The van der Waals surface area contributed by atoms with Crippen LogP contribution in [0.5, 0.6) is 5.75 Å². The summed E-state index contributed by atoms with van der Waals surface area (Å²) in [4.78, 5) is 29.5. The quantitative estimate of drug-likeness (QED) is 0.316. The first-order chi connectivity index (χ1) is 17.2. The smallest absolute Gasteiger partial charge is 0.270 e. The Bertz CT molecular complexity index is 1310. The molecule has 3 aromatic carbocycles. The molecule has 0 radical (unpaired) electrons. The van der Waals surface area contributed by atoms with Crippen molar-refractivity contribution < 1.29 is 14.3 Å². The number of anilines is 3.